The van der Waals surface area contributed by atoms with Crippen molar-refractivity contribution < 1.29 is 9.32 Å². The first-order valence-corrected chi connectivity index (χ1v) is 7.88. The molecule has 0 unspecified atom stereocenters. The van der Waals surface area contributed by atoms with E-state index in [0.29, 0.717) is 11.4 Å². The Hall–Kier alpha value is -2.74. The summed E-state index contributed by atoms with van der Waals surface area (Å²) in [5, 5.41) is 10.4. The lowest BCUT2D eigenvalue weighted by molar-refractivity contribution is -0.117. The summed E-state index contributed by atoms with van der Waals surface area (Å²) in [5.74, 6) is -0.191. The molecule has 7 nitrogen and oxygen atoms in total. The number of aromatic nitrogens is 3. The first kappa shape index (κ1) is 16.1. The predicted molar refractivity (Wildman–Crippen MR) is 91.5 cm³/mol. The van der Waals surface area contributed by atoms with Crippen molar-refractivity contribution in [2.24, 2.45) is 0 Å². The maximum Gasteiger partial charge on any atom is 0.267 e. The molecule has 0 fully saturated rings. The maximum absolute atomic E-state index is 12.0. The predicted octanol–water partition coefficient (Wildman–Crippen LogP) is 2.61. The van der Waals surface area contributed by atoms with Crippen molar-refractivity contribution >= 4 is 27.7 Å². The molecular weight excluding hydrogens is 376 g/mol. The van der Waals surface area contributed by atoms with E-state index in [1.165, 1.54) is 6.07 Å². The summed E-state index contributed by atoms with van der Waals surface area (Å²) in [4.78, 5) is 24.0. The van der Waals surface area contributed by atoms with E-state index in [-0.39, 0.29) is 18.0 Å². The van der Waals surface area contributed by atoms with Gasteiger partial charge >= 0.3 is 0 Å². The summed E-state index contributed by atoms with van der Waals surface area (Å²) >= 11 is 3.37. The zero-order valence-electron chi connectivity index (χ0n) is 12.7. The lowest BCUT2D eigenvalue weighted by Crippen LogP contribution is -2.29. The van der Waals surface area contributed by atoms with Crippen LogP contribution in [0, 0.1) is 6.92 Å². The molecule has 0 aliphatic heterocycles. The monoisotopic (exact) mass is 388 g/mol. The third kappa shape index (κ3) is 3.77. The number of carbonyl (C=O) groups excluding carboxylic acids is 1. The Morgan fingerprint density at radius 3 is 2.67 bits per heavy atom. The summed E-state index contributed by atoms with van der Waals surface area (Å²) in [6, 6.07) is 12.1. The molecule has 1 aromatic carbocycles. The molecule has 3 rings (SSSR count). The van der Waals surface area contributed by atoms with Gasteiger partial charge in [0.05, 0.1) is 11.4 Å². The number of hydrogen-bond donors (Lipinski definition) is 1. The van der Waals surface area contributed by atoms with Gasteiger partial charge in [-0.25, -0.2) is 4.68 Å². The summed E-state index contributed by atoms with van der Waals surface area (Å²) < 4.78 is 6.97. The minimum atomic E-state index is -0.422. The van der Waals surface area contributed by atoms with Gasteiger partial charge in [0.25, 0.3) is 5.56 Å². The highest BCUT2D eigenvalue weighted by atomic mass is 79.9. The lowest BCUT2D eigenvalue weighted by atomic mass is 10.1. The Labute approximate surface area is 145 Å². The van der Waals surface area contributed by atoms with Crippen molar-refractivity contribution in [1.82, 2.24) is 14.9 Å². The van der Waals surface area contributed by atoms with E-state index in [4.69, 9.17) is 4.52 Å². The Kier molecular flexibility index (Phi) is 4.57. The molecule has 0 aliphatic rings. The number of nitrogens with one attached hydrogen (secondary N) is 1. The van der Waals surface area contributed by atoms with Crippen LogP contribution in [0.2, 0.25) is 0 Å². The summed E-state index contributed by atoms with van der Waals surface area (Å²) in [6.45, 7) is 1.52. The van der Waals surface area contributed by atoms with Crippen molar-refractivity contribution in [2.45, 2.75) is 13.5 Å². The third-order valence-corrected chi connectivity index (χ3v) is 3.72. The first-order valence-electron chi connectivity index (χ1n) is 7.08. The molecule has 24 heavy (non-hydrogen) atoms. The molecule has 3 aromatic rings. The smallest absolute Gasteiger partial charge is 0.267 e. The molecule has 0 bridgehead atoms. The third-order valence-electron chi connectivity index (χ3n) is 3.19. The van der Waals surface area contributed by atoms with Crippen LogP contribution in [0.15, 0.2) is 56.3 Å². The molecule has 2 heterocycles. The summed E-state index contributed by atoms with van der Waals surface area (Å²) in [7, 11) is 0. The van der Waals surface area contributed by atoms with E-state index < -0.39 is 5.91 Å². The van der Waals surface area contributed by atoms with Gasteiger partial charge in [-0.15, -0.1) is 0 Å². The second-order valence-electron chi connectivity index (χ2n) is 5.10. The minimum absolute atomic E-state index is 0.219. The average molecular weight is 389 g/mol. The molecule has 122 valence electrons. The fourth-order valence-corrected chi connectivity index (χ4v) is 2.34. The van der Waals surface area contributed by atoms with Crippen LogP contribution < -0.4 is 10.9 Å². The number of hydrogen-bond acceptors (Lipinski definition) is 5. The molecule has 0 spiro atoms. The molecule has 0 saturated heterocycles. The number of nitrogens with zero attached hydrogens (tertiary/aromatic N) is 3. The number of benzene rings is 1. The van der Waals surface area contributed by atoms with Gasteiger partial charge in [0, 0.05) is 22.2 Å². The van der Waals surface area contributed by atoms with Gasteiger partial charge in [-0.3, -0.25) is 14.9 Å². The molecule has 0 radical (unpaired) electrons. The van der Waals surface area contributed by atoms with Gasteiger partial charge in [0.15, 0.2) is 0 Å². The maximum atomic E-state index is 12.0. The van der Waals surface area contributed by atoms with Crippen molar-refractivity contribution in [3.8, 4) is 11.3 Å². The highest BCUT2D eigenvalue weighted by Crippen LogP contribution is 2.18. The van der Waals surface area contributed by atoms with Gasteiger partial charge in [0.1, 0.15) is 6.54 Å². The van der Waals surface area contributed by atoms with Crippen molar-refractivity contribution in [3.05, 3.63) is 63.0 Å². The fourth-order valence-electron chi connectivity index (χ4n) is 2.07. The van der Waals surface area contributed by atoms with Crippen molar-refractivity contribution in [1.29, 1.82) is 0 Å². The van der Waals surface area contributed by atoms with E-state index in [0.717, 1.165) is 14.7 Å². The van der Waals surface area contributed by atoms with Gasteiger partial charge in [-0.2, -0.15) is 5.10 Å². The molecular formula is C16H13BrN4O3. The molecule has 1 amide bonds. The van der Waals surface area contributed by atoms with Crippen LogP contribution in [0.3, 0.4) is 0 Å². The van der Waals surface area contributed by atoms with E-state index in [1.807, 2.05) is 24.3 Å². The number of halogens is 1. The zero-order chi connectivity index (χ0) is 17.1. The van der Waals surface area contributed by atoms with Gasteiger partial charge in [0.2, 0.25) is 11.8 Å². The number of rotatable bonds is 4. The second-order valence-corrected chi connectivity index (χ2v) is 6.02. The average Bonchev–Trinajstić information content (AvgIpc) is 2.95. The van der Waals surface area contributed by atoms with Gasteiger partial charge in [-0.05, 0) is 25.1 Å². The quantitative estimate of drug-likeness (QED) is 0.741. The van der Waals surface area contributed by atoms with Crippen LogP contribution in [0.4, 0.5) is 5.88 Å². The lowest BCUT2D eigenvalue weighted by Gasteiger charge is -2.07. The van der Waals surface area contributed by atoms with Crippen LogP contribution in [0.5, 0.6) is 0 Å². The number of aryl methyl sites for hydroxylation is 1. The molecule has 0 aliphatic carbocycles. The Bertz CT molecular complexity index is 931. The van der Waals surface area contributed by atoms with Crippen LogP contribution in [-0.2, 0) is 11.3 Å². The van der Waals surface area contributed by atoms with E-state index in [9.17, 15) is 9.59 Å². The summed E-state index contributed by atoms with van der Waals surface area (Å²) in [6.07, 6.45) is 0. The normalized spacial score (nSPS) is 10.6. The minimum Gasteiger partial charge on any atom is -0.338 e. The molecule has 2 aromatic heterocycles. The van der Waals surface area contributed by atoms with Crippen molar-refractivity contribution in [3.63, 3.8) is 0 Å². The molecule has 0 saturated carbocycles. The zero-order valence-corrected chi connectivity index (χ0v) is 14.3. The van der Waals surface area contributed by atoms with Crippen LogP contribution in [-0.4, -0.2) is 20.8 Å². The van der Waals surface area contributed by atoms with E-state index in [1.54, 1.807) is 19.1 Å². The van der Waals surface area contributed by atoms with Crippen LogP contribution in [0.25, 0.3) is 11.3 Å². The molecule has 1 N–H and O–H groups in total. The second kappa shape index (κ2) is 6.79. The first-order chi connectivity index (χ1) is 11.5. The SMILES string of the molecule is Cc1cc(NC(=O)Cn2nc(-c3ccc(Br)cc3)ccc2=O)on1. The van der Waals surface area contributed by atoms with E-state index in [2.05, 4.69) is 31.5 Å². The number of amides is 1. The molecule has 0 atom stereocenters. The fraction of sp³-hybridized carbons (Fsp3) is 0.125. The topological polar surface area (TPSA) is 90.0 Å². The number of anilines is 1. The van der Waals surface area contributed by atoms with E-state index >= 15 is 0 Å². The standard InChI is InChI=1S/C16H13BrN4O3/c1-10-8-15(24-20-10)18-14(22)9-21-16(23)7-6-13(19-21)11-2-4-12(17)5-3-11/h2-8H,9H2,1H3,(H,18,22). The Balaban J connectivity index is 1.80. The highest BCUT2D eigenvalue weighted by Gasteiger charge is 2.10. The Morgan fingerprint density at radius 2 is 2.00 bits per heavy atom. The van der Waals surface area contributed by atoms with Crippen LogP contribution in [0.1, 0.15) is 5.69 Å². The van der Waals surface area contributed by atoms with Gasteiger partial charge < -0.3 is 4.52 Å². The Morgan fingerprint density at radius 1 is 1.25 bits per heavy atom. The summed E-state index contributed by atoms with van der Waals surface area (Å²) in [5.41, 5.74) is 1.74. The van der Waals surface area contributed by atoms with Crippen molar-refractivity contribution in [2.75, 3.05) is 5.32 Å². The molecule has 8 heteroatoms. The van der Waals surface area contributed by atoms with Crippen LogP contribution >= 0.6 is 15.9 Å². The highest BCUT2D eigenvalue weighted by molar-refractivity contribution is 9.10. The van der Waals surface area contributed by atoms with Gasteiger partial charge in [-0.1, -0.05) is 33.2 Å². The number of carbonyl (C=O) groups is 1. The largest absolute Gasteiger partial charge is 0.338 e.